The second-order valence-corrected chi connectivity index (χ2v) is 7.50. The minimum atomic E-state index is -0.366. The Hall–Kier alpha value is -2.64. The molecule has 1 aliphatic rings. The van der Waals surface area contributed by atoms with Crippen molar-refractivity contribution in [3.8, 4) is 5.75 Å². The maximum Gasteiger partial charge on any atom is 0.269 e. The molecule has 0 amide bonds. The number of hydrogen-bond donors (Lipinski definition) is 1. The summed E-state index contributed by atoms with van der Waals surface area (Å²) in [5, 5.41) is 20.4. The highest BCUT2D eigenvalue weighted by Crippen LogP contribution is 2.28. The Morgan fingerprint density at radius 3 is 2.18 bits per heavy atom. The maximum absolute atomic E-state index is 10.8. The van der Waals surface area contributed by atoms with Crippen LogP contribution in [0.2, 0.25) is 0 Å². The summed E-state index contributed by atoms with van der Waals surface area (Å²) in [5.74, 6) is 0.290. The topological polar surface area (TPSA) is 73.1 Å². The van der Waals surface area contributed by atoms with Crippen molar-refractivity contribution in [2.24, 2.45) is 0 Å². The summed E-state index contributed by atoms with van der Waals surface area (Å²) in [6.07, 6.45) is 1.02. The average Bonchev–Trinajstić information content (AvgIpc) is 2.70. The molecule has 0 saturated carbocycles. The van der Waals surface area contributed by atoms with Gasteiger partial charge in [0.2, 0.25) is 0 Å². The van der Waals surface area contributed by atoms with Gasteiger partial charge in [0.25, 0.3) is 5.69 Å². The van der Waals surface area contributed by atoms with E-state index in [9.17, 15) is 15.2 Å². The average molecular weight is 384 g/mol. The van der Waals surface area contributed by atoms with Gasteiger partial charge >= 0.3 is 0 Å². The summed E-state index contributed by atoms with van der Waals surface area (Å²) in [4.78, 5) is 17.4. The van der Waals surface area contributed by atoms with E-state index in [1.165, 1.54) is 5.56 Å². The Bertz CT molecular complexity index is 769. The van der Waals surface area contributed by atoms with Crippen molar-refractivity contribution in [1.82, 2.24) is 9.80 Å². The number of aromatic hydroxyl groups is 1. The van der Waals surface area contributed by atoms with Crippen LogP contribution in [0.5, 0.6) is 5.75 Å². The van der Waals surface area contributed by atoms with E-state index >= 15 is 0 Å². The highest BCUT2D eigenvalue weighted by atomic mass is 16.6. The molecule has 1 atom stereocenters. The number of benzene rings is 2. The van der Waals surface area contributed by atoms with Crippen molar-refractivity contribution in [3.05, 3.63) is 64.2 Å². The van der Waals surface area contributed by atoms with Crippen LogP contribution in [0.4, 0.5) is 11.4 Å². The van der Waals surface area contributed by atoms with Gasteiger partial charge < -0.3 is 14.9 Å². The Morgan fingerprint density at radius 2 is 1.64 bits per heavy atom. The zero-order valence-electron chi connectivity index (χ0n) is 16.5. The fraction of sp³-hybridized carbons (Fsp3) is 0.429. The Morgan fingerprint density at radius 1 is 1.04 bits per heavy atom. The molecule has 1 heterocycles. The van der Waals surface area contributed by atoms with E-state index in [1.54, 1.807) is 24.3 Å². The number of hydrogen-bond acceptors (Lipinski definition) is 6. The third kappa shape index (κ3) is 4.99. The molecule has 28 heavy (non-hydrogen) atoms. The summed E-state index contributed by atoms with van der Waals surface area (Å²) >= 11 is 0. The van der Waals surface area contributed by atoms with Crippen molar-refractivity contribution >= 4 is 11.4 Å². The number of nitrogens with zero attached hydrogens (tertiary/aromatic N) is 4. The van der Waals surface area contributed by atoms with Crippen LogP contribution < -0.4 is 4.90 Å². The number of nitro groups is 1. The number of non-ortho nitro benzene ring substituents is 1. The summed E-state index contributed by atoms with van der Waals surface area (Å²) in [6.45, 7) is 4.61. The second kappa shape index (κ2) is 9.03. The predicted octanol–water partition coefficient (Wildman–Crippen LogP) is 3.12. The van der Waals surface area contributed by atoms with Crippen molar-refractivity contribution in [2.75, 3.05) is 51.7 Å². The summed E-state index contributed by atoms with van der Waals surface area (Å²) in [7, 11) is 4.17. The van der Waals surface area contributed by atoms with Gasteiger partial charge in [-0.05, 0) is 56.9 Å². The van der Waals surface area contributed by atoms with Gasteiger partial charge in [-0.25, -0.2) is 0 Å². The Balaban J connectivity index is 1.67. The molecule has 3 rings (SSSR count). The van der Waals surface area contributed by atoms with E-state index in [-0.39, 0.29) is 16.4 Å². The lowest BCUT2D eigenvalue weighted by molar-refractivity contribution is -0.384. The molecule has 2 aromatic carbocycles. The van der Waals surface area contributed by atoms with Gasteiger partial charge in [0.1, 0.15) is 5.75 Å². The fourth-order valence-electron chi connectivity index (χ4n) is 3.71. The van der Waals surface area contributed by atoms with Gasteiger partial charge in [-0.1, -0.05) is 12.1 Å². The summed E-state index contributed by atoms with van der Waals surface area (Å²) < 4.78 is 0. The van der Waals surface area contributed by atoms with Crippen LogP contribution in [-0.2, 0) is 0 Å². The lowest BCUT2D eigenvalue weighted by Crippen LogP contribution is -2.48. The molecule has 7 nitrogen and oxygen atoms in total. The minimum Gasteiger partial charge on any atom is -0.508 e. The van der Waals surface area contributed by atoms with E-state index in [4.69, 9.17) is 0 Å². The van der Waals surface area contributed by atoms with Crippen LogP contribution in [0.25, 0.3) is 0 Å². The van der Waals surface area contributed by atoms with Gasteiger partial charge in [0.15, 0.2) is 0 Å². The van der Waals surface area contributed by atoms with Gasteiger partial charge in [0, 0.05) is 50.0 Å². The monoisotopic (exact) mass is 384 g/mol. The molecule has 2 aromatic rings. The van der Waals surface area contributed by atoms with Crippen LogP contribution >= 0.6 is 0 Å². The Kier molecular flexibility index (Phi) is 6.49. The highest BCUT2D eigenvalue weighted by molar-refractivity contribution is 5.51. The Labute approximate surface area is 165 Å². The fourth-order valence-corrected chi connectivity index (χ4v) is 3.71. The van der Waals surface area contributed by atoms with Gasteiger partial charge in [0.05, 0.1) is 4.92 Å². The number of rotatable bonds is 7. The van der Waals surface area contributed by atoms with Crippen molar-refractivity contribution in [2.45, 2.75) is 12.5 Å². The largest absolute Gasteiger partial charge is 0.508 e. The van der Waals surface area contributed by atoms with Crippen molar-refractivity contribution in [3.63, 3.8) is 0 Å². The molecule has 0 aliphatic carbocycles. The number of nitro benzene ring substituents is 1. The quantitative estimate of drug-likeness (QED) is 0.584. The normalized spacial score (nSPS) is 16.3. The molecule has 0 bridgehead atoms. The van der Waals surface area contributed by atoms with Gasteiger partial charge in [-0.3, -0.25) is 15.0 Å². The molecular weight excluding hydrogens is 356 g/mol. The molecule has 0 radical (unpaired) electrons. The van der Waals surface area contributed by atoms with Gasteiger partial charge in [-0.15, -0.1) is 0 Å². The van der Waals surface area contributed by atoms with Crippen molar-refractivity contribution < 1.29 is 10.0 Å². The third-order valence-corrected chi connectivity index (χ3v) is 5.31. The SMILES string of the molecule is CN(C)CCC(c1ccc(O)cc1)N1CCN(c2ccc([N+](=O)[O-])cc2)CC1. The predicted molar refractivity (Wildman–Crippen MR) is 111 cm³/mol. The van der Waals surface area contributed by atoms with E-state index < -0.39 is 0 Å². The summed E-state index contributed by atoms with van der Waals surface area (Å²) in [6, 6.07) is 14.6. The van der Waals surface area contributed by atoms with E-state index in [1.807, 2.05) is 24.3 Å². The molecule has 1 fully saturated rings. The van der Waals surface area contributed by atoms with Gasteiger partial charge in [-0.2, -0.15) is 0 Å². The lowest BCUT2D eigenvalue weighted by atomic mass is 10.0. The molecule has 1 N–H and O–H groups in total. The molecule has 150 valence electrons. The standard InChI is InChI=1S/C21H28N4O3/c1-22(2)12-11-21(17-3-9-20(26)10-4-17)24-15-13-23(14-16-24)18-5-7-19(8-6-18)25(27)28/h3-10,21,26H,11-16H2,1-2H3. The zero-order chi connectivity index (χ0) is 20.1. The zero-order valence-corrected chi connectivity index (χ0v) is 16.5. The first-order chi connectivity index (χ1) is 13.4. The van der Waals surface area contributed by atoms with Crippen LogP contribution in [0.3, 0.4) is 0 Å². The van der Waals surface area contributed by atoms with E-state index in [0.29, 0.717) is 6.04 Å². The first-order valence-electron chi connectivity index (χ1n) is 9.61. The summed E-state index contributed by atoms with van der Waals surface area (Å²) in [5.41, 5.74) is 2.38. The minimum absolute atomic E-state index is 0.124. The molecular formula is C21H28N4O3. The molecule has 1 aliphatic heterocycles. The van der Waals surface area contributed by atoms with Crippen molar-refractivity contribution in [1.29, 1.82) is 0 Å². The molecule has 0 aromatic heterocycles. The number of piperazine rings is 1. The second-order valence-electron chi connectivity index (χ2n) is 7.50. The van der Waals surface area contributed by atoms with E-state index in [0.717, 1.165) is 44.8 Å². The van der Waals surface area contributed by atoms with Crippen LogP contribution in [0.15, 0.2) is 48.5 Å². The molecule has 1 saturated heterocycles. The molecule has 1 unspecified atom stereocenters. The molecule has 0 spiro atoms. The number of phenols is 1. The first kappa shape index (κ1) is 20.1. The third-order valence-electron chi connectivity index (χ3n) is 5.31. The van der Waals surface area contributed by atoms with E-state index in [2.05, 4.69) is 28.8 Å². The van der Waals surface area contributed by atoms with Crippen LogP contribution in [0.1, 0.15) is 18.0 Å². The smallest absolute Gasteiger partial charge is 0.269 e. The number of phenolic OH excluding ortho intramolecular Hbond substituents is 1. The maximum atomic E-state index is 10.8. The number of anilines is 1. The van der Waals surface area contributed by atoms with Crippen LogP contribution in [0, 0.1) is 10.1 Å². The highest BCUT2D eigenvalue weighted by Gasteiger charge is 2.25. The first-order valence-corrected chi connectivity index (χ1v) is 9.61. The molecule has 7 heteroatoms. The van der Waals surface area contributed by atoms with Crippen LogP contribution in [-0.4, -0.2) is 66.6 Å². The lowest BCUT2D eigenvalue weighted by Gasteiger charge is -2.40.